The molecule has 1 saturated heterocycles. The number of anilines is 1. The lowest BCUT2D eigenvalue weighted by Gasteiger charge is -2.41. The maximum atomic E-state index is 13.4. The van der Waals surface area contributed by atoms with Crippen LogP contribution in [0.5, 0.6) is 0 Å². The van der Waals surface area contributed by atoms with E-state index in [0.717, 1.165) is 17.8 Å². The summed E-state index contributed by atoms with van der Waals surface area (Å²) in [7, 11) is 0. The third-order valence-electron chi connectivity index (χ3n) is 4.16. The van der Waals surface area contributed by atoms with Gasteiger partial charge >= 0.3 is 0 Å². The fraction of sp³-hybridized carbons (Fsp3) is 0.600. The molecular formula is C15H23FN2. The van der Waals surface area contributed by atoms with Gasteiger partial charge in [0.1, 0.15) is 5.82 Å². The van der Waals surface area contributed by atoms with E-state index >= 15 is 0 Å². The van der Waals surface area contributed by atoms with Crippen molar-refractivity contribution in [2.75, 3.05) is 11.4 Å². The Balaban J connectivity index is 2.37. The van der Waals surface area contributed by atoms with Crippen LogP contribution in [0, 0.1) is 11.7 Å². The molecule has 1 aliphatic rings. The third kappa shape index (κ3) is 2.51. The van der Waals surface area contributed by atoms with Gasteiger partial charge in [-0.3, -0.25) is 0 Å². The van der Waals surface area contributed by atoms with Crippen molar-refractivity contribution in [1.29, 1.82) is 0 Å². The molecule has 2 nitrogen and oxygen atoms in total. The molecule has 3 heteroatoms. The molecule has 0 radical (unpaired) electrons. The second-order valence-corrected chi connectivity index (χ2v) is 5.55. The van der Waals surface area contributed by atoms with Crippen molar-refractivity contribution in [3.8, 4) is 0 Å². The zero-order valence-electron chi connectivity index (χ0n) is 11.5. The molecule has 3 atom stereocenters. The Hall–Kier alpha value is -1.09. The van der Waals surface area contributed by atoms with Crippen LogP contribution >= 0.6 is 0 Å². The zero-order valence-corrected chi connectivity index (χ0v) is 11.5. The first-order valence-corrected chi connectivity index (χ1v) is 6.82. The molecular weight excluding hydrogens is 227 g/mol. The number of benzene rings is 1. The van der Waals surface area contributed by atoms with E-state index in [1.165, 1.54) is 18.9 Å². The molecule has 0 bridgehead atoms. The molecule has 2 rings (SSSR count). The first-order chi connectivity index (χ1) is 8.50. The number of piperidine rings is 1. The summed E-state index contributed by atoms with van der Waals surface area (Å²) < 4.78 is 13.4. The van der Waals surface area contributed by atoms with Gasteiger partial charge in [-0.15, -0.1) is 0 Å². The van der Waals surface area contributed by atoms with Gasteiger partial charge in [0.2, 0.25) is 0 Å². The SMILES string of the molecule is CC1CCCN(c2ccc(F)cc2[C@@H](C)N)C1C. The molecule has 0 aliphatic carbocycles. The molecule has 18 heavy (non-hydrogen) atoms. The summed E-state index contributed by atoms with van der Waals surface area (Å²) in [6, 6.07) is 5.34. The van der Waals surface area contributed by atoms with Gasteiger partial charge in [0.25, 0.3) is 0 Å². The van der Waals surface area contributed by atoms with Crippen LogP contribution in [0.25, 0.3) is 0 Å². The predicted octanol–water partition coefficient (Wildman–Crippen LogP) is 3.47. The fourth-order valence-electron chi connectivity index (χ4n) is 2.83. The lowest BCUT2D eigenvalue weighted by atomic mass is 9.90. The van der Waals surface area contributed by atoms with Crippen LogP contribution in [0.2, 0.25) is 0 Å². The van der Waals surface area contributed by atoms with Crippen molar-refractivity contribution < 1.29 is 4.39 Å². The quantitative estimate of drug-likeness (QED) is 0.871. The van der Waals surface area contributed by atoms with Crippen molar-refractivity contribution in [1.82, 2.24) is 0 Å². The molecule has 2 N–H and O–H groups in total. The summed E-state index contributed by atoms with van der Waals surface area (Å²) in [4.78, 5) is 2.38. The van der Waals surface area contributed by atoms with Crippen molar-refractivity contribution in [3.63, 3.8) is 0 Å². The molecule has 1 fully saturated rings. The van der Waals surface area contributed by atoms with Gasteiger partial charge < -0.3 is 10.6 Å². The van der Waals surface area contributed by atoms with E-state index in [2.05, 4.69) is 18.7 Å². The number of nitrogens with zero attached hydrogens (tertiary/aromatic N) is 1. The summed E-state index contributed by atoms with van der Waals surface area (Å²) in [5.41, 5.74) is 7.99. The molecule has 0 aromatic heterocycles. The Bertz CT molecular complexity index is 417. The molecule has 0 saturated carbocycles. The smallest absolute Gasteiger partial charge is 0.123 e. The lowest BCUT2D eigenvalue weighted by Crippen LogP contribution is -2.43. The average Bonchev–Trinajstić information content (AvgIpc) is 2.33. The second-order valence-electron chi connectivity index (χ2n) is 5.55. The zero-order chi connectivity index (χ0) is 13.3. The minimum atomic E-state index is -0.205. The number of hydrogen-bond acceptors (Lipinski definition) is 2. The van der Waals surface area contributed by atoms with E-state index in [1.807, 2.05) is 13.0 Å². The standard InChI is InChI=1S/C15H23FN2/c1-10-5-4-8-18(12(10)3)15-7-6-13(16)9-14(15)11(2)17/h6-7,9-12H,4-5,8,17H2,1-3H3/t10?,11-,12?/m1/s1. The normalized spacial score (nSPS) is 26.2. The van der Waals surface area contributed by atoms with Gasteiger partial charge in [-0.05, 0) is 56.4 Å². The Labute approximate surface area is 109 Å². The van der Waals surface area contributed by atoms with Crippen LogP contribution in [0.15, 0.2) is 18.2 Å². The molecule has 100 valence electrons. The van der Waals surface area contributed by atoms with Gasteiger partial charge in [-0.2, -0.15) is 0 Å². The monoisotopic (exact) mass is 250 g/mol. The Kier molecular flexibility index (Phi) is 3.91. The number of rotatable bonds is 2. The van der Waals surface area contributed by atoms with Crippen molar-refractivity contribution in [2.45, 2.75) is 45.7 Å². The van der Waals surface area contributed by atoms with Crippen molar-refractivity contribution in [3.05, 3.63) is 29.6 Å². The molecule has 0 amide bonds. The molecule has 0 spiro atoms. The maximum absolute atomic E-state index is 13.4. The highest BCUT2D eigenvalue weighted by molar-refractivity contribution is 5.56. The van der Waals surface area contributed by atoms with Crippen LogP contribution in [0.4, 0.5) is 10.1 Å². The van der Waals surface area contributed by atoms with Crippen molar-refractivity contribution >= 4 is 5.69 Å². The topological polar surface area (TPSA) is 29.3 Å². The summed E-state index contributed by atoms with van der Waals surface area (Å²) >= 11 is 0. The summed E-state index contributed by atoms with van der Waals surface area (Å²) in [5, 5.41) is 0. The summed E-state index contributed by atoms with van der Waals surface area (Å²) in [6.45, 7) is 7.48. The van der Waals surface area contributed by atoms with E-state index < -0.39 is 0 Å². The highest BCUT2D eigenvalue weighted by atomic mass is 19.1. The van der Waals surface area contributed by atoms with Gasteiger partial charge in [0.15, 0.2) is 0 Å². The first-order valence-electron chi connectivity index (χ1n) is 6.82. The second kappa shape index (κ2) is 5.27. The lowest BCUT2D eigenvalue weighted by molar-refractivity contribution is 0.362. The van der Waals surface area contributed by atoms with E-state index in [9.17, 15) is 4.39 Å². The van der Waals surface area contributed by atoms with Gasteiger partial charge in [0.05, 0.1) is 0 Å². The number of hydrogen-bond donors (Lipinski definition) is 1. The molecule has 1 aliphatic heterocycles. The summed E-state index contributed by atoms with van der Waals surface area (Å²) in [5.74, 6) is 0.466. The Morgan fingerprint density at radius 3 is 2.78 bits per heavy atom. The predicted molar refractivity (Wildman–Crippen MR) is 74.2 cm³/mol. The largest absolute Gasteiger partial charge is 0.368 e. The molecule has 1 aromatic carbocycles. The maximum Gasteiger partial charge on any atom is 0.123 e. The van der Waals surface area contributed by atoms with E-state index in [1.54, 1.807) is 6.07 Å². The number of halogens is 1. The molecule has 2 unspecified atom stereocenters. The van der Waals surface area contributed by atoms with Crippen LogP contribution in [-0.2, 0) is 0 Å². The van der Waals surface area contributed by atoms with E-state index in [0.29, 0.717) is 12.0 Å². The number of nitrogens with two attached hydrogens (primary N) is 1. The highest BCUT2D eigenvalue weighted by Gasteiger charge is 2.26. The minimum absolute atomic E-state index is 0.139. The average molecular weight is 250 g/mol. The van der Waals surface area contributed by atoms with E-state index in [4.69, 9.17) is 5.73 Å². The van der Waals surface area contributed by atoms with E-state index in [-0.39, 0.29) is 11.9 Å². The van der Waals surface area contributed by atoms with Crippen LogP contribution in [0.3, 0.4) is 0 Å². The van der Waals surface area contributed by atoms with Crippen molar-refractivity contribution in [2.24, 2.45) is 11.7 Å². The van der Waals surface area contributed by atoms with Crippen LogP contribution in [-0.4, -0.2) is 12.6 Å². The van der Waals surface area contributed by atoms with Gasteiger partial charge in [-0.25, -0.2) is 4.39 Å². The van der Waals surface area contributed by atoms with Crippen LogP contribution in [0.1, 0.15) is 45.2 Å². The Morgan fingerprint density at radius 1 is 1.39 bits per heavy atom. The molecule has 1 heterocycles. The minimum Gasteiger partial charge on any atom is -0.368 e. The Morgan fingerprint density at radius 2 is 2.11 bits per heavy atom. The fourth-order valence-corrected chi connectivity index (χ4v) is 2.83. The highest BCUT2D eigenvalue weighted by Crippen LogP contribution is 2.33. The summed E-state index contributed by atoms with van der Waals surface area (Å²) in [6.07, 6.45) is 2.47. The van der Waals surface area contributed by atoms with Gasteiger partial charge in [-0.1, -0.05) is 6.92 Å². The van der Waals surface area contributed by atoms with Gasteiger partial charge in [0, 0.05) is 24.3 Å². The third-order valence-corrected chi connectivity index (χ3v) is 4.16. The molecule has 1 aromatic rings. The first kappa shape index (κ1) is 13.3. The van der Waals surface area contributed by atoms with Crippen LogP contribution < -0.4 is 10.6 Å².